The van der Waals surface area contributed by atoms with Gasteiger partial charge in [-0.2, -0.15) is 8.78 Å². The number of halogens is 3. The zero-order valence-corrected chi connectivity index (χ0v) is 16.4. The zero-order valence-electron chi connectivity index (χ0n) is 16.4. The summed E-state index contributed by atoms with van der Waals surface area (Å²) >= 11 is 0. The van der Waals surface area contributed by atoms with Crippen molar-refractivity contribution in [2.45, 2.75) is 38.0 Å². The zero-order chi connectivity index (χ0) is 21.7. The van der Waals surface area contributed by atoms with Gasteiger partial charge in [0.1, 0.15) is 11.6 Å². The lowest BCUT2D eigenvalue weighted by Gasteiger charge is -2.39. The Morgan fingerprint density at radius 3 is 2.40 bits per heavy atom. The van der Waals surface area contributed by atoms with Crippen molar-refractivity contribution in [2.24, 2.45) is 0 Å². The lowest BCUT2D eigenvalue weighted by atomic mass is 9.87. The third kappa shape index (κ3) is 4.67. The molecule has 2 aromatic carbocycles. The number of allylic oxidation sites excluding steroid dienone is 1. The first kappa shape index (κ1) is 21.5. The van der Waals surface area contributed by atoms with Crippen molar-refractivity contribution in [1.82, 2.24) is 4.90 Å². The SMILES string of the molecule is C=CCCC1(c2ccc(F)cc2)C=CN([C@@H](C)c2ccc(OC(F)F)cc2)C(=O)O1. The van der Waals surface area contributed by atoms with E-state index in [1.807, 2.05) is 0 Å². The van der Waals surface area contributed by atoms with Crippen LogP contribution in [0.3, 0.4) is 0 Å². The monoisotopic (exact) mass is 417 g/mol. The molecule has 4 nitrogen and oxygen atoms in total. The molecule has 2 atom stereocenters. The first-order valence-electron chi connectivity index (χ1n) is 9.47. The molecule has 2 aromatic rings. The Morgan fingerprint density at radius 1 is 1.17 bits per heavy atom. The summed E-state index contributed by atoms with van der Waals surface area (Å²) in [5.74, 6) is -0.337. The van der Waals surface area contributed by atoms with Crippen LogP contribution in [0.15, 0.2) is 73.5 Å². The molecule has 1 aliphatic heterocycles. The van der Waals surface area contributed by atoms with Gasteiger partial charge >= 0.3 is 12.7 Å². The highest BCUT2D eigenvalue weighted by Gasteiger charge is 2.39. The molecule has 3 rings (SSSR count). The molecule has 158 valence electrons. The Balaban J connectivity index is 1.84. The van der Waals surface area contributed by atoms with E-state index >= 15 is 0 Å². The third-order valence-electron chi connectivity index (χ3n) is 5.04. The molecule has 0 saturated carbocycles. The van der Waals surface area contributed by atoms with Gasteiger partial charge in [0.05, 0.1) is 6.04 Å². The molecule has 0 aliphatic carbocycles. The highest BCUT2D eigenvalue weighted by molar-refractivity contribution is 5.72. The van der Waals surface area contributed by atoms with E-state index in [-0.39, 0.29) is 11.6 Å². The quantitative estimate of drug-likeness (QED) is 0.472. The molecule has 1 unspecified atom stereocenters. The molecular weight excluding hydrogens is 395 g/mol. The van der Waals surface area contributed by atoms with Crippen LogP contribution in [0.5, 0.6) is 5.75 Å². The van der Waals surface area contributed by atoms with Gasteiger partial charge in [0.15, 0.2) is 5.60 Å². The number of ether oxygens (including phenoxy) is 2. The summed E-state index contributed by atoms with van der Waals surface area (Å²) in [7, 11) is 0. The Morgan fingerprint density at radius 2 is 1.83 bits per heavy atom. The van der Waals surface area contributed by atoms with Crippen LogP contribution in [0, 0.1) is 5.82 Å². The van der Waals surface area contributed by atoms with Crippen molar-refractivity contribution in [3.8, 4) is 5.75 Å². The number of hydrogen-bond donors (Lipinski definition) is 0. The van der Waals surface area contributed by atoms with E-state index in [1.54, 1.807) is 49.5 Å². The van der Waals surface area contributed by atoms with Gasteiger partial charge in [-0.05, 0) is 61.2 Å². The number of amides is 1. The fourth-order valence-corrected chi connectivity index (χ4v) is 3.36. The van der Waals surface area contributed by atoms with E-state index in [0.717, 1.165) is 5.56 Å². The number of benzene rings is 2. The summed E-state index contributed by atoms with van der Waals surface area (Å²) in [4.78, 5) is 14.3. The van der Waals surface area contributed by atoms with Crippen molar-refractivity contribution in [3.05, 3.63) is 90.4 Å². The summed E-state index contributed by atoms with van der Waals surface area (Å²) in [6.45, 7) is 2.61. The average Bonchev–Trinajstić information content (AvgIpc) is 2.72. The van der Waals surface area contributed by atoms with Crippen LogP contribution in [-0.4, -0.2) is 17.6 Å². The van der Waals surface area contributed by atoms with Gasteiger partial charge in [0.25, 0.3) is 0 Å². The summed E-state index contributed by atoms with van der Waals surface area (Å²) in [6, 6.07) is 11.5. The van der Waals surface area contributed by atoms with Gasteiger partial charge in [0.2, 0.25) is 0 Å². The lowest BCUT2D eigenvalue weighted by molar-refractivity contribution is -0.0498. The second-order valence-corrected chi connectivity index (χ2v) is 6.94. The normalized spacial score (nSPS) is 19.5. The molecule has 1 aliphatic rings. The first-order valence-corrected chi connectivity index (χ1v) is 9.47. The van der Waals surface area contributed by atoms with E-state index in [4.69, 9.17) is 4.74 Å². The van der Waals surface area contributed by atoms with Crippen LogP contribution in [-0.2, 0) is 10.3 Å². The maximum Gasteiger partial charge on any atom is 0.415 e. The topological polar surface area (TPSA) is 38.8 Å². The lowest BCUT2D eigenvalue weighted by Crippen LogP contribution is -2.42. The molecule has 0 saturated heterocycles. The van der Waals surface area contributed by atoms with Crippen LogP contribution in [0.2, 0.25) is 0 Å². The van der Waals surface area contributed by atoms with Crippen LogP contribution in [0.1, 0.15) is 36.9 Å². The van der Waals surface area contributed by atoms with Crippen molar-refractivity contribution in [2.75, 3.05) is 0 Å². The Labute approximate surface area is 173 Å². The number of cyclic esters (lactones) is 1. The van der Waals surface area contributed by atoms with Crippen LogP contribution in [0.25, 0.3) is 0 Å². The van der Waals surface area contributed by atoms with Crippen molar-refractivity contribution < 1.29 is 27.4 Å². The third-order valence-corrected chi connectivity index (χ3v) is 5.04. The van der Waals surface area contributed by atoms with Gasteiger partial charge in [0, 0.05) is 6.20 Å². The Kier molecular flexibility index (Phi) is 6.50. The van der Waals surface area contributed by atoms with Crippen LogP contribution in [0.4, 0.5) is 18.0 Å². The average molecular weight is 417 g/mol. The fourth-order valence-electron chi connectivity index (χ4n) is 3.36. The number of rotatable bonds is 8. The van der Waals surface area contributed by atoms with E-state index in [1.165, 1.54) is 29.2 Å². The molecule has 30 heavy (non-hydrogen) atoms. The largest absolute Gasteiger partial charge is 0.435 e. The molecule has 0 aromatic heterocycles. The minimum absolute atomic E-state index is 0.0393. The predicted octanol–water partition coefficient (Wildman–Crippen LogP) is 6.32. The van der Waals surface area contributed by atoms with Crippen LogP contribution < -0.4 is 4.74 Å². The van der Waals surface area contributed by atoms with Crippen molar-refractivity contribution in [1.29, 1.82) is 0 Å². The van der Waals surface area contributed by atoms with Gasteiger partial charge in [-0.25, -0.2) is 9.18 Å². The van der Waals surface area contributed by atoms with Crippen molar-refractivity contribution in [3.63, 3.8) is 0 Å². The number of nitrogens with zero attached hydrogens (tertiary/aromatic N) is 1. The van der Waals surface area contributed by atoms with Gasteiger partial charge in [-0.15, -0.1) is 6.58 Å². The Bertz CT molecular complexity index is 912. The van der Waals surface area contributed by atoms with Gasteiger partial charge in [-0.1, -0.05) is 30.3 Å². The number of carbonyl (C=O) groups is 1. The molecule has 0 fully saturated rings. The van der Waals surface area contributed by atoms with E-state index in [2.05, 4.69) is 11.3 Å². The first-order chi connectivity index (χ1) is 14.3. The predicted molar refractivity (Wildman–Crippen MR) is 106 cm³/mol. The minimum Gasteiger partial charge on any atom is -0.435 e. The standard InChI is InChI=1S/C23H22F3NO3/c1-3-4-13-23(18-7-9-19(24)10-8-18)14-15-27(22(28)30-23)16(2)17-5-11-20(12-6-17)29-21(25)26/h3,5-12,14-16,21H,1,4,13H2,2H3/t16-,23?/m0/s1. The van der Waals surface area contributed by atoms with E-state index < -0.39 is 24.3 Å². The maximum atomic E-state index is 13.4. The number of hydrogen-bond acceptors (Lipinski definition) is 3. The summed E-state index contributed by atoms with van der Waals surface area (Å²) in [6.07, 6.45) is 5.64. The molecule has 0 spiro atoms. The second kappa shape index (κ2) is 9.07. The van der Waals surface area contributed by atoms with Gasteiger partial charge in [-0.3, -0.25) is 4.90 Å². The molecular formula is C23H22F3NO3. The molecule has 0 N–H and O–H groups in total. The molecule has 7 heteroatoms. The molecule has 1 amide bonds. The smallest absolute Gasteiger partial charge is 0.415 e. The highest BCUT2D eigenvalue weighted by atomic mass is 19.3. The minimum atomic E-state index is -2.90. The molecule has 1 heterocycles. The number of carbonyl (C=O) groups excluding carboxylic acids is 1. The fraction of sp³-hybridized carbons (Fsp3) is 0.261. The van der Waals surface area contributed by atoms with E-state index in [0.29, 0.717) is 18.4 Å². The molecule has 0 bridgehead atoms. The maximum absolute atomic E-state index is 13.4. The summed E-state index contributed by atoms with van der Waals surface area (Å²) < 4.78 is 48.2. The highest BCUT2D eigenvalue weighted by Crippen LogP contribution is 2.38. The van der Waals surface area contributed by atoms with E-state index in [9.17, 15) is 18.0 Å². The van der Waals surface area contributed by atoms with Crippen molar-refractivity contribution >= 4 is 6.09 Å². The second-order valence-electron chi connectivity index (χ2n) is 6.94. The summed E-state index contributed by atoms with van der Waals surface area (Å²) in [5.41, 5.74) is 0.360. The molecule has 0 radical (unpaired) electrons. The van der Waals surface area contributed by atoms with Crippen LogP contribution >= 0.6 is 0 Å². The summed E-state index contributed by atoms with van der Waals surface area (Å²) in [5, 5.41) is 0. The number of alkyl halides is 2. The van der Waals surface area contributed by atoms with Gasteiger partial charge < -0.3 is 9.47 Å². The Hall–Kier alpha value is -3.22.